The fraction of sp³-hybridized carbons (Fsp3) is 0.556. The molecule has 8 heteroatoms. The van der Waals surface area contributed by atoms with Crippen molar-refractivity contribution in [2.75, 3.05) is 6.54 Å². The molecule has 0 aromatic heterocycles. The third-order valence-electron chi connectivity index (χ3n) is 2.60. The Balaban J connectivity index is 2.22. The van der Waals surface area contributed by atoms with Crippen molar-refractivity contribution in [1.82, 2.24) is 4.42 Å². The largest absolute Gasteiger partial charge is 0.330 e. The zero-order valence-electron chi connectivity index (χ0n) is 9.14. The predicted octanol–water partition coefficient (Wildman–Crippen LogP) is -0.395. The van der Waals surface area contributed by atoms with Crippen LogP contribution in [0.2, 0.25) is 0 Å². The van der Waals surface area contributed by atoms with Gasteiger partial charge in [0, 0.05) is 18.2 Å². The lowest BCUT2D eigenvalue weighted by molar-refractivity contribution is -0.123. The van der Waals surface area contributed by atoms with Crippen molar-refractivity contribution < 1.29 is 4.79 Å². The van der Waals surface area contributed by atoms with Crippen molar-refractivity contribution in [2.24, 2.45) is 26.4 Å². The Bertz CT molecular complexity index is 431. The number of hydrogen-bond acceptors (Lipinski definition) is 6. The van der Waals surface area contributed by atoms with Gasteiger partial charge in [-0.2, -0.15) is 0 Å². The minimum Gasteiger partial charge on any atom is -0.330 e. The number of halogens is 1. The lowest BCUT2D eigenvalue weighted by Gasteiger charge is -2.35. The molecule has 2 heterocycles. The van der Waals surface area contributed by atoms with Gasteiger partial charge in [-0.25, -0.2) is 19.4 Å². The number of unbranched alkanes of at least 4 members (excludes halogenated alkanes) is 1. The summed E-state index contributed by atoms with van der Waals surface area (Å²) < 4.78 is 0.889. The Morgan fingerprint density at radius 2 is 2.24 bits per heavy atom. The minimum absolute atomic E-state index is 0.139. The molecule has 2 aliphatic heterocycles. The molecule has 0 fully saturated rings. The van der Waals surface area contributed by atoms with E-state index in [9.17, 15) is 4.79 Å². The second-order valence-electron chi connectivity index (χ2n) is 3.87. The number of carbonyl (C=O) groups excluding carboxylic acids is 1. The van der Waals surface area contributed by atoms with Gasteiger partial charge in [0.05, 0.1) is 0 Å². The summed E-state index contributed by atoms with van der Waals surface area (Å²) >= 11 is 5.90. The molecule has 0 saturated carbocycles. The Kier molecular flexibility index (Phi) is 3.23. The highest BCUT2D eigenvalue weighted by Crippen LogP contribution is 2.26. The van der Waals surface area contributed by atoms with Gasteiger partial charge in [-0.3, -0.25) is 10.5 Å². The second kappa shape index (κ2) is 4.52. The molecule has 2 rings (SSSR count). The van der Waals surface area contributed by atoms with Crippen LogP contribution in [0.25, 0.3) is 0 Å². The Labute approximate surface area is 103 Å². The van der Waals surface area contributed by atoms with E-state index in [-0.39, 0.29) is 11.5 Å². The molecule has 1 amide bonds. The number of nitrogens with zero attached hydrogens (tertiary/aromatic N) is 4. The van der Waals surface area contributed by atoms with Gasteiger partial charge in [0.2, 0.25) is 5.79 Å². The van der Waals surface area contributed by atoms with Crippen molar-refractivity contribution in [2.45, 2.75) is 25.0 Å². The zero-order chi connectivity index (χ0) is 12.5. The minimum atomic E-state index is -1.26. The summed E-state index contributed by atoms with van der Waals surface area (Å²) in [7, 11) is 0. The van der Waals surface area contributed by atoms with Gasteiger partial charge in [0.1, 0.15) is 6.34 Å². The fourth-order valence-corrected chi connectivity index (χ4v) is 1.87. The van der Waals surface area contributed by atoms with Gasteiger partial charge in [-0.15, -0.1) is 0 Å². The SMILES string of the molecule is NCCCCC1(N)N=C2N=CN=C2C(=O)N1Cl. The van der Waals surface area contributed by atoms with Crippen LogP contribution < -0.4 is 11.5 Å². The smallest absolute Gasteiger partial charge is 0.294 e. The quantitative estimate of drug-likeness (QED) is 0.528. The molecule has 1 unspecified atom stereocenters. The Morgan fingerprint density at radius 3 is 2.94 bits per heavy atom. The third kappa shape index (κ3) is 2.08. The first kappa shape index (κ1) is 12.2. The Hall–Kier alpha value is -1.31. The summed E-state index contributed by atoms with van der Waals surface area (Å²) in [6.07, 6.45) is 3.23. The van der Waals surface area contributed by atoms with Crippen molar-refractivity contribution in [3.63, 3.8) is 0 Å². The van der Waals surface area contributed by atoms with Gasteiger partial charge in [0.25, 0.3) is 5.91 Å². The number of hydrogen-bond donors (Lipinski definition) is 2. The van der Waals surface area contributed by atoms with Crippen LogP contribution >= 0.6 is 11.8 Å². The number of rotatable bonds is 4. The molecule has 0 aromatic carbocycles. The number of nitrogens with two attached hydrogens (primary N) is 2. The molecule has 17 heavy (non-hydrogen) atoms. The highest BCUT2D eigenvalue weighted by atomic mass is 35.5. The van der Waals surface area contributed by atoms with E-state index < -0.39 is 11.7 Å². The van der Waals surface area contributed by atoms with E-state index in [1.54, 1.807) is 0 Å². The van der Waals surface area contributed by atoms with Crippen LogP contribution in [0.1, 0.15) is 19.3 Å². The highest BCUT2D eigenvalue weighted by molar-refractivity contribution is 6.71. The molecule has 0 saturated heterocycles. The van der Waals surface area contributed by atoms with Crippen molar-refractivity contribution >= 4 is 35.6 Å². The zero-order valence-corrected chi connectivity index (χ0v) is 9.89. The molecular formula is C9H13ClN6O. The van der Waals surface area contributed by atoms with Crippen LogP contribution in [0, 0.1) is 0 Å². The molecule has 0 spiro atoms. The van der Waals surface area contributed by atoms with E-state index in [1.807, 2.05) is 0 Å². The average molecular weight is 257 g/mol. The van der Waals surface area contributed by atoms with Gasteiger partial charge >= 0.3 is 0 Å². The van der Waals surface area contributed by atoms with Gasteiger partial charge in [-0.1, -0.05) is 0 Å². The van der Waals surface area contributed by atoms with E-state index in [2.05, 4.69) is 15.0 Å². The van der Waals surface area contributed by atoms with E-state index in [4.69, 9.17) is 23.2 Å². The van der Waals surface area contributed by atoms with Crippen LogP contribution in [0.15, 0.2) is 15.0 Å². The first-order chi connectivity index (χ1) is 8.08. The molecular weight excluding hydrogens is 244 g/mol. The molecule has 2 aliphatic rings. The van der Waals surface area contributed by atoms with Crippen LogP contribution in [-0.4, -0.2) is 40.5 Å². The molecule has 7 nitrogen and oxygen atoms in total. The summed E-state index contributed by atoms with van der Waals surface area (Å²) in [6, 6.07) is 0. The maximum absolute atomic E-state index is 11.9. The van der Waals surface area contributed by atoms with Crippen molar-refractivity contribution in [3.05, 3.63) is 0 Å². The van der Waals surface area contributed by atoms with E-state index in [0.29, 0.717) is 13.0 Å². The fourth-order valence-electron chi connectivity index (χ4n) is 1.67. The average Bonchev–Trinajstić information content (AvgIpc) is 2.74. The van der Waals surface area contributed by atoms with E-state index in [0.717, 1.165) is 17.3 Å². The first-order valence-electron chi connectivity index (χ1n) is 5.28. The van der Waals surface area contributed by atoms with Gasteiger partial charge in [-0.05, 0) is 19.4 Å². The molecule has 0 bridgehead atoms. The Morgan fingerprint density at radius 1 is 1.47 bits per heavy atom. The number of amides is 1. The van der Waals surface area contributed by atoms with E-state index >= 15 is 0 Å². The topological polar surface area (TPSA) is 109 Å². The summed E-state index contributed by atoms with van der Waals surface area (Å²) in [5.74, 6) is -1.48. The monoisotopic (exact) mass is 256 g/mol. The molecule has 4 N–H and O–H groups in total. The molecule has 0 aliphatic carbocycles. The van der Waals surface area contributed by atoms with Gasteiger partial charge in [0.15, 0.2) is 11.5 Å². The highest BCUT2D eigenvalue weighted by Gasteiger charge is 2.43. The maximum Gasteiger partial charge on any atom is 0.294 e. The normalized spacial score (nSPS) is 27.0. The third-order valence-corrected chi connectivity index (χ3v) is 3.04. The number of fused-ring (bicyclic) bond motifs is 1. The van der Waals surface area contributed by atoms with E-state index in [1.165, 1.54) is 6.34 Å². The maximum atomic E-state index is 11.9. The summed E-state index contributed by atoms with van der Waals surface area (Å²) in [5, 5.41) is 0. The standard InChI is InChI=1S/C9H13ClN6O/c10-16-8(17)6-7(14-5-13-6)15-9(16,12)3-1-2-4-11/h5H,1-4,11-12H2. The molecule has 0 radical (unpaired) electrons. The number of aliphatic imine (C=N–C) groups is 3. The molecule has 1 atom stereocenters. The van der Waals surface area contributed by atoms with Crippen LogP contribution in [0.5, 0.6) is 0 Å². The molecule has 92 valence electrons. The summed E-state index contributed by atoms with van der Waals surface area (Å²) in [4.78, 5) is 23.7. The van der Waals surface area contributed by atoms with Crippen LogP contribution in [0.4, 0.5) is 0 Å². The van der Waals surface area contributed by atoms with Crippen molar-refractivity contribution in [1.29, 1.82) is 0 Å². The first-order valence-corrected chi connectivity index (χ1v) is 5.62. The van der Waals surface area contributed by atoms with Crippen LogP contribution in [0.3, 0.4) is 0 Å². The van der Waals surface area contributed by atoms with Gasteiger partial charge < -0.3 is 5.73 Å². The number of carbonyl (C=O) groups is 1. The lowest BCUT2D eigenvalue weighted by Crippen LogP contribution is -2.58. The predicted molar refractivity (Wildman–Crippen MR) is 65.9 cm³/mol. The second-order valence-corrected chi connectivity index (χ2v) is 4.21. The summed E-state index contributed by atoms with van der Waals surface area (Å²) in [6.45, 7) is 0.563. The lowest BCUT2D eigenvalue weighted by atomic mass is 10.1. The summed E-state index contributed by atoms with van der Waals surface area (Å²) in [5.41, 5.74) is 11.5. The number of amidine groups is 1. The van der Waals surface area contributed by atoms with Crippen molar-refractivity contribution in [3.8, 4) is 0 Å². The molecule has 0 aromatic rings. The van der Waals surface area contributed by atoms with Crippen LogP contribution in [-0.2, 0) is 4.79 Å².